The number of likely N-dealkylation sites (tertiary alicyclic amines) is 1. The van der Waals surface area contributed by atoms with Gasteiger partial charge < -0.3 is 10.2 Å². The zero-order valence-electron chi connectivity index (χ0n) is 11.6. The van der Waals surface area contributed by atoms with Crippen LogP contribution in [0.5, 0.6) is 0 Å². The first-order valence-corrected chi connectivity index (χ1v) is 6.61. The quantitative estimate of drug-likeness (QED) is 0.910. The summed E-state index contributed by atoms with van der Waals surface area (Å²) in [4.78, 5) is 25.6. The summed E-state index contributed by atoms with van der Waals surface area (Å²) in [6, 6.07) is 8.82. The van der Waals surface area contributed by atoms with Crippen LogP contribution in [-0.2, 0) is 9.59 Å². The molecule has 2 rings (SSSR count). The Hall–Kier alpha value is -2.35. The van der Waals surface area contributed by atoms with Gasteiger partial charge in [0.1, 0.15) is 0 Å². The van der Waals surface area contributed by atoms with E-state index in [-0.39, 0.29) is 30.2 Å². The molecule has 5 nitrogen and oxygen atoms in total. The van der Waals surface area contributed by atoms with Gasteiger partial charge in [-0.05, 0) is 38.1 Å². The van der Waals surface area contributed by atoms with Gasteiger partial charge in [0.25, 0.3) is 0 Å². The molecule has 1 heterocycles. The van der Waals surface area contributed by atoms with E-state index in [0.717, 1.165) is 0 Å². The van der Waals surface area contributed by atoms with Crippen LogP contribution in [0.15, 0.2) is 24.3 Å². The molecule has 0 bridgehead atoms. The third kappa shape index (κ3) is 2.97. The van der Waals surface area contributed by atoms with Crippen LogP contribution in [-0.4, -0.2) is 29.3 Å². The Bertz CT molecular complexity index is 557. The van der Waals surface area contributed by atoms with Gasteiger partial charge in [-0.2, -0.15) is 5.26 Å². The summed E-state index contributed by atoms with van der Waals surface area (Å²) in [5.41, 5.74) is 1.19. The molecule has 104 valence electrons. The van der Waals surface area contributed by atoms with Gasteiger partial charge in [0.15, 0.2) is 0 Å². The van der Waals surface area contributed by atoms with E-state index in [1.165, 1.54) is 0 Å². The largest absolute Gasteiger partial charge is 0.339 e. The molecule has 1 saturated heterocycles. The zero-order chi connectivity index (χ0) is 14.7. The van der Waals surface area contributed by atoms with Crippen LogP contribution in [0.25, 0.3) is 0 Å². The van der Waals surface area contributed by atoms with Crippen molar-refractivity contribution in [3.63, 3.8) is 0 Å². The fourth-order valence-corrected chi connectivity index (χ4v) is 2.28. The molecule has 0 saturated carbocycles. The van der Waals surface area contributed by atoms with E-state index in [1.54, 1.807) is 29.2 Å². The maximum atomic E-state index is 12.1. The number of nitrogens with one attached hydrogen (secondary N) is 1. The van der Waals surface area contributed by atoms with Crippen molar-refractivity contribution in [2.75, 3.05) is 11.9 Å². The van der Waals surface area contributed by atoms with Crippen LogP contribution in [0.4, 0.5) is 5.69 Å². The van der Waals surface area contributed by atoms with E-state index in [2.05, 4.69) is 5.32 Å². The first-order valence-electron chi connectivity index (χ1n) is 6.61. The van der Waals surface area contributed by atoms with Crippen molar-refractivity contribution in [3.05, 3.63) is 29.8 Å². The van der Waals surface area contributed by atoms with Crippen LogP contribution in [0.1, 0.15) is 25.8 Å². The molecular weight excluding hydrogens is 254 g/mol. The van der Waals surface area contributed by atoms with Gasteiger partial charge >= 0.3 is 0 Å². The van der Waals surface area contributed by atoms with Crippen LogP contribution >= 0.6 is 0 Å². The summed E-state index contributed by atoms with van der Waals surface area (Å²) in [6.07, 6.45) is 0.264. The van der Waals surface area contributed by atoms with Crippen LogP contribution < -0.4 is 5.32 Å². The van der Waals surface area contributed by atoms with Crippen molar-refractivity contribution in [2.45, 2.75) is 26.3 Å². The number of nitrogens with zero attached hydrogens (tertiary/aromatic N) is 2. The van der Waals surface area contributed by atoms with Crippen molar-refractivity contribution in [2.24, 2.45) is 5.92 Å². The smallest absolute Gasteiger partial charge is 0.229 e. The SMILES string of the molecule is CC(C)N1C[C@@H](C(=O)Nc2ccc(C#N)cc2)CC1=O. The lowest BCUT2D eigenvalue weighted by atomic mass is 10.1. The highest BCUT2D eigenvalue weighted by atomic mass is 16.2. The second kappa shape index (κ2) is 5.74. The molecule has 0 aromatic heterocycles. The number of anilines is 1. The number of benzene rings is 1. The first kappa shape index (κ1) is 14.1. The number of amides is 2. The topological polar surface area (TPSA) is 73.2 Å². The Kier molecular flexibility index (Phi) is 4.04. The summed E-state index contributed by atoms with van der Waals surface area (Å²) in [5.74, 6) is -0.424. The Balaban J connectivity index is 1.99. The monoisotopic (exact) mass is 271 g/mol. The third-order valence-corrected chi connectivity index (χ3v) is 3.43. The number of nitriles is 1. The second-order valence-corrected chi connectivity index (χ2v) is 5.22. The zero-order valence-corrected chi connectivity index (χ0v) is 11.6. The van der Waals surface area contributed by atoms with Crippen molar-refractivity contribution >= 4 is 17.5 Å². The summed E-state index contributed by atoms with van der Waals surface area (Å²) >= 11 is 0. The predicted octanol–water partition coefficient (Wildman–Crippen LogP) is 1.75. The lowest BCUT2D eigenvalue weighted by molar-refractivity contribution is -0.129. The molecule has 0 aliphatic carbocycles. The minimum absolute atomic E-state index is 0.0278. The average molecular weight is 271 g/mol. The minimum atomic E-state index is -0.305. The van der Waals surface area contributed by atoms with Gasteiger partial charge in [-0.3, -0.25) is 9.59 Å². The highest BCUT2D eigenvalue weighted by molar-refractivity contribution is 5.97. The number of carbonyl (C=O) groups is 2. The molecule has 1 aliphatic rings. The van der Waals surface area contributed by atoms with Gasteiger partial charge in [-0.15, -0.1) is 0 Å². The Labute approximate surface area is 118 Å². The molecule has 1 fully saturated rings. The number of rotatable bonds is 3. The highest BCUT2D eigenvalue weighted by Crippen LogP contribution is 2.21. The fraction of sp³-hybridized carbons (Fsp3) is 0.400. The molecule has 1 N–H and O–H groups in total. The molecule has 2 amide bonds. The maximum Gasteiger partial charge on any atom is 0.229 e. The fourth-order valence-electron chi connectivity index (χ4n) is 2.28. The summed E-state index contributed by atoms with van der Waals surface area (Å²) in [5, 5.41) is 11.5. The van der Waals surface area contributed by atoms with E-state index < -0.39 is 0 Å². The van der Waals surface area contributed by atoms with Gasteiger partial charge in [0.05, 0.1) is 17.6 Å². The minimum Gasteiger partial charge on any atom is -0.339 e. The lowest BCUT2D eigenvalue weighted by Crippen LogP contribution is -2.33. The van der Waals surface area contributed by atoms with Crippen molar-refractivity contribution in [1.29, 1.82) is 5.26 Å². The Morgan fingerprint density at radius 2 is 2.05 bits per heavy atom. The molecule has 1 aliphatic heterocycles. The molecule has 0 radical (unpaired) electrons. The van der Waals surface area contributed by atoms with Crippen molar-refractivity contribution in [3.8, 4) is 6.07 Å². The first-order chi connectivity index (χ1) is 9.51. The van der Waals surface area contributed by atoms with Crippen LogP contribution in [0.2, 0.25) is 0 Å². The molecule has 1 aromatic carbocycles. The molecular formula is C15H17N3O2. The van der Waals surface area contributed by atoms with E-state index in [1.807, 2.05) is 19.9 Å². The molecule has 1 aromatic rings. The number of hydrogen-bond donors (Lipinski definition) is 1. The normalized spacial score (nSPS) is 18.2. The van der Waals surface area contributed by atoms with Gasteiger partial charge in [0, 0.05) is 24.7 Å². The third-order valence-electron chi connectivity index (χ3n) is 3.43. The van der Waals surface area contributed by atoms with Gasteiger partial charge in [0.2, 0.25) is 11.8 Å². The summed E-state index contributed by atoms with van der Waals surface area (Å²) < 4.78 is 0. The summed E-state index contributed by atoms with van der Waals surface area (Å²) in [6.45, 7) is 4.36. The van der Waals surface area contributed by atoms with E-state index in [0.29, 0.717) is 17.8 Å². The number of carbonyl (C=O) groups excluding carboxylic acids is 2. The Morgan fingerprint density at radius 1 is 1.40 bits per heavy atom. The van der Waals surface area contributed by atoms with Gasteiger partial charge in [-0.1, -0.05) is 0 Å². The predicted molar refractivity (Wildman–Crippen MR) is 74.7 cm³/mol. The van der Waals surface area contributed by atoms with Crippen molar-refractivity contribution in [1.82, 2.24) is 4.90 Å². The maximum absolute atomic E-state index is 12.1. The summed E-state index contributed by atoms with van der Waals surface area (Å²) in [7, 11) is 0. The Morgan fingerprint density at radius 3 is 2.55 bits per heavy atom. The van der Waals surface area contributed by atoms with Crippen molar-refractivity contribution < 1.29 is 9.59 Å². The van der Waals surface area contributed by atoms with E-state index >= 15 is 0 Å². The van der Waals surface area contributed by atoms with Gasteiger partial charge in [-0.25, -0.2) is 0 Å². The molecule has 1 atom stereocenters. The second-order valence-electron chi connectivity index (χ2n) is 5.22. The molecule has 0 spiro atoms. The lowest BCUT2D eigenvalue weighted by Gasteiger charge is -2.20. The van der Waals surface area contributed by atoms with Crippen LogP contribution in [0.3, 0.4) is 0 Å². The average Bonchev–Trinajstić information content (AvgIpc) is 2.82. The molecule has 20 heavy (non-hydrogen) atoms. The molecule has 5 heteroatoms. The number of hydrogen-bond acceptors (Lipinski definition) is 3. The van der Waals surface area contributed by atoms with Crippen LogP contribution in [0, 0.1) is 17.2 Å². The standard InChI is InChI=1S/C15H17N3O2/c1-10(2)18-9-12(7-14(18)19)15(20)17-13-5-3-11(8-16)4-6-13/h3-6,10,12H,7,9H2,1-2H3,(H,17,20)/t12-/m0/s1. The van der Waals surface area contributed by atoms with E-state index in [4.69, 9.17) is 5.26 Å². The molecule has 0 unspecified atom stereocenters. The highest BCUT2D eigenvalue weighted by Gasteiger charge is 2.35. The van der Waals surface area contributed by atoms with E-state index in [9.17, 15) is 9.59 Å².